The van der Waals surface area contributed by atoms with Gasteiger partial charge in [-0.3, -0.25) is 9.35 Å². The van der Waals surface area contributed by atoms with E-state index in [2.05, 4.69) is 5.32 Å². The Balaban J connectivity index is 2.01. The molecule has 0 saturated heterocycles. The van der Waals surface area contributed by atoms with Gasteiger partial charge < -0.3 is 15.5 Å². The number of carboxylic acids is 1. The maximum absolute atomic E-state index is 12.4. The molecule has 0 radical (unpaired) electrons. The molecule has 0 heterocycles. The number of fused-ring (bicyclic) bond motifs is 1. The van der Waals surface area contributed by atoms with E-state index in [4.69, 9.17) is 4.55 Å². The van der Waals surface area contributed by atoms with Crippen molar-refractivity contribution in [2.24, 2.45) is 0 Å². The molecule has 3 aromatic carbocycles. The number of carbonyl (C=O) groups excluding carboxylic acids is 1. The molecule has 138 valence electrons. The number of amides is 1. The average molecular weight is 387 g/mol. The number of rotatable bonds is 4. The van der Waals surface area contributed by atoms with E-state index in [1.165, 1.54) is 42.5 Å². The number of aromatic hydroxyl groups is 1. The van der Waals surface area contributed by atoms with Gasteiger partial charge in [0.2, 0.25) is 0 Å². The molecule has 0 aliphatic heterocycles. The van der Waals surface area contributed by atoms with Crippen LogP contribution in [0.4, 0.5) is 5.69 Å². The van der Waals surface area contributed by atoms with Gasteiger partial charge in [0, 0.05) is 17.1 Å². The van der Waals surface area contributed by atoms with Crippen LogP contribution in [0.3, 0.4) is 0 Å². The van der Waals surface area contributed by atoms with Gasteiger partial charge >= 0.3 is 5.97 Å². The number of phenolic OH excluding ortho intramolecular Hbond substituents is 1. The fourth-order valence-corrected chi connectivity index (χ4v) is 3.15. The molecule has 9 heteroatoms. The van der Waals surface area contributed by atoms with Crippen molar-refractivity contribution in [3.05, 3.63) is 65.7 Å². The molecule has 0 unspecified atom stereocenters. The highest BCUT2D eigenvalue weighted by atomic mass is 32.2. The van der Waals surface area contributed by atoms with Gasteiger partial charge in [0.25, 0.3) is 16.0 Å². The smallest absolute Gasteiger partial charge is 0.336 e. The van der Waals surface area contributed by atoms with E-state index >= 15 is 0 Å². The summed E-state index contributed by atoms with van der Waals surface area (Å²) in [5.74, 6) is -2.27. The van der Waals surface area contributed by atoms with E-state index in [9.17, 15) is 28.2 Å². The van der Waals surface area contributed by atoms with Crippen molar-refractivity contribution < 1.29 is 32.8 Å². The first-order chi connectivity index (χ1) is 12.7. The number of benzene rings is 3. The summed E-state index contributed by atoms with van der Waals surface area (Å²) in [5, 5.41) is 22.2. The third-order valence-corrected chi connectivity index (χ3v) is 4.69. The lowest BCUT2D eigenvalue weighted by Crippen LogP contribution is -2.16. The minimum Gasteiger partial charge on any atom is -0.507 e. The van der Waals surface area contributed by atoms with E-state index < -0.39 is 26.9 Å². The molecule has 0 aliphatic rings. The summed E-state index contributed by atoms with van der Waals surface area (Å²) in [6.45, 7) is 0. The van der Waals surface area contributed by atoms with E-state index in [1.54, 1.807) is 0 Å². The SMILES string of the molecule is O=C(O)c1ccccc1C(=O)Nc1ccc2c(O)cc(S(=O)(=O)O)cc2c1. The van der Waals surface area contributed by atoms with Gasteiger partial charge in [-0.25, -0.2) is 4.79 Å². The van der Waals surface area contributed by atoms with Crippen LogP contribution in [0.2, 0.25) is 0 Å². The Morgan fingerprint density at radius 2 is 1.59 bits per heavy atom. The maximum Gasteiger partial charge on any atom is 0.336 e. The quantitative estimate of drug-likeness (QED) is 0.504. The van der Waals surface area contributed by atoms with Gasteiger partial charge in [-0.15, -0.1) is 0 Å². The molecule has 3 aromatic rings. The van der Waals surface area contributed by atoms with Crippen molar-refractivity contribution in [1.29, 1.82) is 0 Å². The topological polar surface area (TPSA) is 141 Å². The Labute approximate surface area is 153 Å². The molecule has 0 fully saturated rings. The molecule has 0 aromatic heterocycles. The molecule has 0 atom stereocenters. The minimum atomic E-state index is -4.52. The monoisotopic (exact) mass is 387 g/mol. The predicted octanol–water partition coefficient (Wildman–Crippen LogP) is 2.74. The highest BCUT2D eigenvalue weighted by Crippen LogP contribution is 2.30. The van der Waals surface area contributed by atoms with Crippen molar-refractivity contribution in [3.8, 4) is 5.75 Å². The highest BCUT2D eigenvalue weighted by molar-refractivity contribution is 7.85. The van der Waals surface area contributed by atoms with Crippen LogP contribution < -0.4 is 5.32 Å². The Morgan fingerprint density at radius 1 is 0.926 bits per heavy atom. The number of anilines is 1. The summed E-state index contributed by atoms with van der Waals surface area (Å²) in [6.07, 6.45) is 0. The molecule has 3 rings (SSSR count). The second-order valence-electron chi connectivity index (χ2n) is 5.66. The van der Waals surface area contributed by atoms with E-state index in [1.807, 2.05) is 0 Å². The normalized spacial score (nSPS) is 11.3. The van der Waals surface area contributed by atoms with E-state index in [-0.39, 0.29) is 28.0 Å². The molecule has 0 aliphatic carbocycles. The van der Waals surface area contributed by atoms with Crippen molar-refractivity contribution in [2.75, 3.05) is 5.32 Å². The molecule has 1 amide bonds. The first-order valence-electron chi connectivity index (χ1n) is 7.55. The number of hydrogen-bond donors (Lipinski definition) is 4. The molecule has 4 N–H and O–H groups in total. The summed E-state index contributed by atoms with van der Waals surface area (Å²) in [4.78, 5) is 23.1. The van der Waals surface area contributed by atoms with Crippen LogP contribution in [0.25, 0.3) is 10.8 Å². The summed E-state index contributed by atoms with van der Waals surface area (Å²) >= 11 is 0. The van der Waals surface area contributed by atoms with Crippen LogP contribution in [0.5, 0.6) is 5.75 Å². The third-order valence-electron chi connectivity index (χ3n) is 3.86. The van der Waals surface area contributed by atoms with Crippen LogP contribution in [0.1, 0.15) is 20.7 Å². The second kappa shape index (κ2) is 6.71. The average Bonchev–Trinajstić information content (AvgIpc) is 2.60. The van der Waals surface area contributed by atoms with Crippen molar-refractivity contribution in [2.45, 2.75) is 4.90 Å². The number of aromatic carboxylic acids is 1. The number of carbonyl (C=O) groups is 2. The van der Waals surface area contributed by atoms with Gasteiger partial charge in [0.1, 0.15) is 5.75 Å². The van der Waals surface area contributed by atoms with Crippen LogP contribution >= 0.6 is 0 Å². The largest absolute Gasteiger partial charge is 0.507 e. The Hall–Kier alpha value is -3.43. The van der Waals surface area contributed by atoms with Gasteiger partial charge in [0.15, 0.2) is 0 Å². The number of nitrogens with one attached hydrogen (secondary N) is 1. The minimum absolute atomic E-state index is 0.0420. The zero-order chi connectivity index (χ0) is 19.8. The lowest BCUT2D eigenvalue weighted by molar-refractivity contribution is 0.0692. The molecule has 0 bridgehead atoms. The summed E-state index contributed by atoms with van der Waals surface area (Å²) in [7, 11) is -4.52. The molecular formula is C18H13NO7S. The number of phenols is 1. The first-order valence-corrected chi connectivity index (χ1v) is 8.99. The van der Waals surface area contributed by atoms with Crippen molar-refractivity contribution in [1.82, 2.24) is 0 Å². The fourth-order valence-electron chi connectivity index (χ4n) is 2.62. The van der Waals surface area contributed by atoms with Crippen LogP contribution in [0.15, 0.2) is 59.5 Å². The van der Waals surface area contributed by atoms with Crippen LogP contribution in [-0.4, -0.2) is 35.1 Å². The molecule has 0 saturated carbocycles. The zero-order valence-electron chi connectivity index (χ0n) is 13.6. The molecular weight excluding hydrogens is 374 g/mol. The molecule has 0 spiro atoms. The lowest BCUT2D eigenvalue weighted by atomic mass is 10.1. The Bertz CT molecular complexity index is 1190. The zero-order valence-corrected chi connectivity index (χ0v) is 14.4. The second-order valence-corrected chi connectivity index (χ2v) is 7.08. The molecule has 8 nitrogen and oxygen atoms in total. The molecule has 27 heavy (non-hydrogen) atoms. The number of hydrogen-bond acceptors (Lipinski definition) is 5. The van der Waals surface area contributed by atoms with Crippen molar-refractivity contribution >= 4 is 38.5 Å². The van der Waals surface area contributed by atoms with Crippen LogP contribution in [-0.2, 0) is 10.1 Å². The summed E-state index contributed by atoms with van der Waals surface area (Å²) in [6, 6.07) is 12.1. The standard InChI is InChI=1S/C18H13NO7S/c20-16-9-12(27(24,25)26)8-10-7-11(5-6-13(10)16)19-17(21)14-3-1-2-4-15(14)18(22)23/h1-9,20H,(H,19,21)(H,22,23)(H,24,25,26). The van der Waals surface area contributed by atoms with Crippen molar-refractivity contribution in [3.63, 3.8) is 0 Å². The highest BCUT2D eigenvalue weighted by Gasteiger charge is 2.17. The summed E-state index contributed by atoms with van der Waals surface area (Å²) in [5.41, 5.74) is 0.0429. The van der Waals surface area contributed by atoms with Gasteiger partial charge in [-0.05, 0) is 41.8 Å². The fraction of sp³-hybridized carbons (Fsp3) is 0. The number of carboxylic acid groups (broad SMARTS) is 1. The van der Waals surface area contributed by atoms with Crippen LogP contribution in [0, 0.1) is 0 Å². The Kier molecular flexibility index (Phi) is 4.56. The summed E-state index contributed by atoms with van der Waals surface area (Å²) < 4.78 is 31.7. The van der Waals surface area contributed by atoms with Gasteiger partial charge in [0.05, 0.1) is 16.0 Å². The van der Waals surface area contributed by atoms with Gasteiger partial charge in [-0.1, -0.05) is 12.1 Å². The van der Waals surface area contributed by atoms with E-state index in [0.717, 1.165) is 12.1 Å². The first kappa shape index (κ1) is 18.4. The predicted molar refractivity (Wildman–Crippen MR) is 96.8 cm³/mol. The van der Waals surface area contributed by atoms with Gasteiger partial charge in [-0.2, -0.15) is 8.42 Å². The lowest BCUT2D eigenvalue weighted by Gasteiger charge is -2.10. The maximum atomic E-state index is 12.4. The Morgan fingerprint density at radius 3 is 2.22 bits per heavy atom. The third kappa shape index (κ3) is 3.73. The van der Waals surface area contributed by atoms with E-state index in [0.29, 0.717) is 5.39 Å².